The van der Waals surface area contributed by atoms with E-state index in [-0.39, 0.29) is 24.4 Å². The molecule has 2 amide bonds. The lowest BCUT2D eigenvalue weighted by molar-refractivity contribution is 0.0746. The quantitative estimate of drug-likeness (QED) is 0.840. The van der Waals surface area contributed by atoms with Crippen LogP contribution in [0.5, 0.6) is 0 Å². The molecule has 0 saturated carbocycles. The highest BCUT2D eigenvalue weighted by Crippen LogP contribution is 2.24. The fraction of sp³-hybridized carbons (Fsp3) is 0.933. The van der Waals surface area contributed by atoms with Gasteiger partial charge in [0.1, 0.15) is 5.67 Å². The molecule has 2 rings (SSSR count). The van der Waals surface area contributed by atoms with Crippen molar-refractivity contribution in [2.24, 2.45) is 0 Å². The Bertz CT molecular complexity index is 516. The number of rotatable bonds is 4. The summed E-state index contributed by atoms with van der Waals surface area (Å²) in [5, 5.41) is 2.93. The van der Waals surface area contributed by atoms with Crippen molar-refractivity contribution in [3.05, 3.63) is 0 Å². The number of hydrogen-bond donors (Lipinski definition) is 1. The van der Waals surface area contributed by atoms with Gasteiger partial charge in [-0.2, -0.15) is 0 Å². The van der Waals surface area contributed by atoms with Crippen LogP contribution in [0, 0.1) is 0 Å². The zero-order valence-corrected chi connectivity index (χ0v) is 14.9. The molecule has 23 heavy (non-hydrogen) atoms. The summed E-state index contributed by atoms with van der Waals surface area (Å²) in [7, 11) is -3.16. The van der Waals surface area contributed by atoms with Gasteiger partial charge >= 0.3 is 6.03 Å². The molecule has 1 N–H and O–H groups in total. The monoisotopic (exact) mass is 349 g/mol. The van der Waals surface area contributed by atoms with Crippen LogP contribution in [0.25, 0.3) is 0 Å². The van der Waals surface area contributed by atoms with E-state index in [1.807, 2.05) is 6.92 Å². The molecule has 0 aliphatic carbocycles. The molecule has 0 bridgehead atoms. The maximum Gasteiger partial charge on any atom is 0.317 e. The van der Waals surface area contributed by atoms with Crippen molar-refractivity contribution >= 4 is 16.1 Å². The summed E-state index contributed by atoms with van der Waals surface area (Å²) in [5.41, 5.74) is -1.31. The lowest BCUT2D eigenvalue weighted by Gasteiger charge is -2.37. The fourth-order valence-electron chi connectivity index (χ4n) is 3.30. The summed E-state index contributed by atoms with van der Waals surface area (Å²) in [6, 6.07) is -0.271. The predicted octanol–water partition coefficient (Wildman–Crippen LogP) is 1.72. The van der Waals surface area contributed by atoms with Crippen LogP contribution in [0.4, 0.5) is 9.18 Å². The van der Waals surface area contributed by atoms with Gasteiger partial charge in [-0.1, -0.05) is 6.92 Å². The van der Waals surface area contributed by atoms with E-state index >= 15 is 0 Å². The highest BCUT2D eigenvalue weighted by Gasteiger charge is 2.34. The van der Waals surface area contributed by atoms with Crippen LogP contribution in [0.1, 0.15) is 46.0 Å². The van der Waals surface area contributed by atoms with Crippen molar-refractivity contribution in [2.75, 3.05) is 31.9 Å². The van der Waals surface area contributed by atoms with Gasteiger partial charge in [-0.25, -0.2) is 21.9 Å². The largest absolute Gasteiger partial charge is 0.335 e. The van der Waals surface area contributed by atoms with Crippen LogP contribution in [0.15, 0.2) is 0 Å². The number of carbonyl (C=O) groups excluding carboxylic acids is 1. The Balaban J connectivity index is 1.81. The predicted molar refractivity (Wildman–Crippen MR) is 87.5 cm³/mol. The molecule has 0 radical (unpaired) electrons. The summed E-state index contributed by atoms with van der Waals surface area (Å²) in [4.78, 5) is 13.8. The molecule has 1 atom stereocenters. The summed E-state index contributed by atoms with van der Waals surface area (Å²) >= 11 is 0. The highest BCUT2D eigenvalue weighted by molar-refractivity contribution is 7.89. The van der Waals surface area contributed by atoms with Crippen LogP contribution in [0.2, 0.25) is 0 Å². The first kappa shape index (κ1) is 18.4. The van der Waals surface area contributed by atoms with E-state index < -0.39 is 15.7 Å². The number of amides is 2. The first-order valence-corrected chi connectivity index (χ1v) is 10.1. The Hall–Kier alpha value is -0.890. The molecule has 2 fully saturated rings. The van der Waals surface area contributed by atoms with E-state index in [1.54, 1.807) is 0 Å². The minimum atomic E-state index is -3.16. The molecule has 0 aromatic rings. The van der Waals surface area contributed by atoms with Gasteiger partial charge in [-0.3, -0.25) is 0 Å². The number of nitrogens with zero attached hydrogens (tertiary/aromatic N) is 2. The van der Waals surface area contributed by atoms with Crippen molar-refractivity contribution in [2.45, 2.75) is 57.7 Å². The molecule has 8 heteroatoms. The number of sulfonamides is 1. The first-order chi connectivity index (χ1) is 10.7. The molecule has 134 valence electrons. The summed E-state index contributed by atoms with van der Waals surface area (Å²) in [6.07, 6.45) is 2.99. The van der Waals surface area contributed by atoms with Crippen LogP contribution >= 0.6 is 0 Å². The Morgan fingerprint density at radius 2 is 1.96 bits per heavy atom. The molecule has 2 heterocycles. The van der Waals surface area contributed by atoms with Crippen molar-refractivity contribution in [1.82, 2.24) is 14.5 Å². The molecule has 6 nitrogen and oxygen atoms in total. The minimum Gasteiger partial charge on any atom is -0.335 e. The third-order valence-corrected chi connectivity index (χ3v) is 6.65. The number of piperidine rings is 2. The normalized spacial score (nSPS) is 27.9. The number of nitrogens with one attached hydrogen (secondary N) is 1. The Kier molecular flexibility index (Phi) is 5.89. The summed E-state index contributed by atoms with van der Waals surface area (Å²) in [6.45, 7) is 4.96. The number of carbonyl (C=O) groups is 1. The lowest BCUT2D eigenvalue weighted by atomic mass is 9.97. The third kappa shape index (κ3) is 5.04. The second-order valence-corrected chi connectivity index (χ2v) is 8.97. The molecule has 2 saturated heterocycles. The van der Waals surface area contributed by atoms with E-state index in [1.165, 1.54) is 16.1 Å². The Morgan fingerprint density at radius 1 is 1.30 bits per heavy atom. The van der Waals surface area contributed by atoms with E-state index in [2.05, 4.69) is 5.32 Å². The second kappa shape index (κ2) is 7.34. The van der Waals surface area contributed by atoms with E-state index in [0.29, 0.717) is 51.7 Å². The number of likely N-dealkylation sites (tertiary alicyclic amines) is 1. The van der Waals surface area contributed by atoms with Gasteiger partial charge < -0.3 is 10.2 Å². The Morgan fingerprint density at radius 3 is 2.52 bits per heavy atom. The molecule has 0 spiro atoms. The second-order valence-electron chi connectivity index (χ2n) is 6.88. The first-order valence-electron chi connectivity index (χ1n) is 8.46. The number of urea groups is 1. The van der Waals surface area contributed by atoms with Gasteiger partial charge in [0.05, 0.1) is 12.3 Å². The summed E-state index contributed by atoms with van der Waals surface area (Å²) < 4.78 is 39.6. The lowest BCUT2D eigenvalue weighted by Crippen LogP contribution is -2.54. The molecule has 2 aliphatic heterocycles. The van der Waals surface area contributed by atoms with Crippen molar-refractivity contribution < 1.29 is 17.6 Å². The zero-order chi connectivity index (χ0) is 17.1. The van der Waals surface area contributed by atoms with Gasteiger partial charge in [0, 0.05) is 25.7 Å². The summed E-state index contributed by atoms with van der Waals surface area (Å²) in [5.74, 6) is 0.173. The van der Waals surface area contributed by atoms with Crippen molar-refractivity contribution in [1.29, 1.82) is 0 Å². The van der Waals surface area contributed by atoms with Crippen molar-refractivity contribution in [3.63, 3.8) is 0 Å². The van der Waals surface area contributed by atoms with Crippen molar-refractivity contribution in [3.8, 4) is 0 Å². The number of halogens is 1. The van der Waals surface area contributed by atoms with Crippen LogP contribution in [0.3, 0.4) is 0 Å². The van der Waals surface area contributed by atoms with Gasteiger partial charge in [0.25, 0.3) is 0 Å². The fourth-order valence-corrected chi connectivity index (χ4v) is 4.84. The molecular formula is C15H28FN3O3S. The number of alkyl halides is 1. The van der Waals surface area contributed by atoms with Crippen LogP contribution in [-0.2, 0) is 10.0 Å². The van der Waals surface area contributed by atoms with Gasteiger partial charge in [0.2, 0.25) is 10.0 Å². The number of hydrogen-bond acceptors (Lipinski definition) is 3. The average Bonchev–Trinajstić information content (AvgIpc) is 2.46. The molecule has 2 aliphatic rings. The zero-order valence-electron chi connectivity index (χ0n) is 14.1. The van der Waals surface area contributed by atoms with E-state index in [0.717, 1.165) is 0 Å². The molecule has 0 aromatic carbocycles. The SMILES string of the molecule is CCCS(=O)(=O)N1CCC(NC(=O)N2CCCC(C)(F)C2)CC1. The van der Waals surface area contributed by atoms with Gasteiger partial charge in [-0.15, -0.1) is 0 Å². The maximum atomic E-state index is 14.0. The van der Waals surface area contributed by atoms with Gasteiger partial charge in [-0.05, 0) is 39.0 Å². The smallest absolute Gasteiger partial charge is 0.317 e. The molecule has 1 unspecified atom stereocenters. The molecule has 0 aromatic heterocycles. The topological polar surface area (TPSA) is 69.7 Å². The Labute approximate surface area is 138 Å². The third-order valence-electron chi connectivity index (χ3n) is 4.57. The van der Waals surface area contributed by atoms with E-state index in [4.69, 9.17) is 0 Å². The van der Waals surface area contributed by atoms with Gasteiger partial charge in [0.15, 0.2) is 0 Å². The van der Waals surface area contributed by atoms with Crippen LogP contribution in [-0.4, -0.2) is 67.3 Å². The maximum absolute atomic E-state index is 14.0. The average molecular weight is 349 g/mol. The molecular weight excluding hydrogens is 321 g/mol. The highest BCUT2D eigenvalue weighted by atomic mass is 32.2. The standard InChI is InChI=1S/C15H28FN3O3S/c1-3-11-23(21,22)19-9-5-13(6-10-19)17-14(20)18-8-4-7-15(2,16)12-18/h13H,3-12H2,1-2H3,(H,17,20). The van der Waals surface area contributed by atoms with E-state index in [9.17, 15) is 17.6 Å². The van der Waals surface area contributed by atoms with Crippen LogP contribution < -0.4 is 5.32 Å². The minimum absolute atomic E-state index is 0.0385.